The van der Waals surface area contributed by atoms with Gasteiger partial charge in [-0.25, -0.2) is 0 Å². The van der Waals surface area contributed by atoms with E-state index in [4.69, 9.17) is 0 Å². The van der Waals surface area contributed by atoms with E-state index < -0.39 is 0 Å². The zero-order valence-electron chi connectivity index (χ0n) is 10.3. The molecule has 0 aliphatic carbocycles. The van der Waals surface area contributed by atoms with Crippen LogP contribution in [0.1, 0.15) is 10.6 Å². The molecule has 8 heteroatoms. The summed E-state index contributed by atoms with van der Waals surface area (Å²) in [6, 6.07) is 1.71. The molecule has 0 atom stereocenters. The van der Waals surface area contributed by atoms with Crippen LogP contribution in [-0.2, 0) is 11.3 Å². The summed E-state index contributed by atoms with van der Waals surface area (Å²) in [5, 5.41) is 11.4. The number of anilines is 1. The number of pyridine rings is 1. The molecule has 0 saturated heterocycles. The van der Waals surface area contributed by atoms with Gasteiger partial charge < -0.3 is 4.57 Å². The number of hydrogen-bond donors (Lipinski definition) is 1. The lowest BCUT2D eigenvalue weighted by Gasteiger charge is -2.07. The molecule has 1 N–H and O–H groups in total. The Balaban J connectivity index is 2.13. The summed E-state index contributed by atoms with van der Waals surface area (Å²) in [4.78, 5) is 23.7. The Morgan fingerprint density at radius 1 is 1.47 bits per heavy atom. The van der Waals surface area contributed by atoms with E-state index in [1.54, 1.807) is 26.1 Å². The number of hydrogen-bond acceptors (Lipinski definition) is 5. The summed E-state index contributed by atoms with van der Waals surface area (Å²) in [6.45, 7) is 3.45. The van der Waals surface area contributed by atoms with Crippen molar-refractivity contribution in [2.24, 2.45) is 0 Å². The molecule has 0 aliphatic rings. The largest absolute Gasteiger partial charge is 0.305 e. The first-order chi connectivity index (χ1) is 8.95. The molecule has 2 aromatic rings. The van der Waals surface area contributed by atoms with Crippen LogP contribution in [0.4, 0.5) is 5.13 Å². The van der Waals surface area contributed by atoms with Crippen LogP contribution < -0.4 is 10.9 Å². The maximum absolute atomic E-state index is 11.8. The molecule has 0 aliphatic heterocycles. The first kappa shape index (κ1) is 13.9. The number of aromatic nitrogens is 3. The zero-order valence-corrected chi connectivity index (χ0v) is 12.7. The Kier molecular flexibility index (Phi) is 4.11. The van der Waals surface area contributed by atoms with Crippen molar-refractivity contribution in [1.29, 1.82) is 0 Å². The molecule has 0 spiro atoms. The third-order valence-electron chi connectivity index (χ3n) is 2.32. The predicted molar refractivity (Wildman–Crippen MR) is 76.4 cm³/mol. The summed E-state index contributed by atoms with van der Waals surface area (Å²) in [5.41, 5.74) is 0.390. The van der Waals surface area contributed by atoms with Gasteiger partial charge in [-0.05, 0) is 35.8 Å². The normalized spacial score (nSPS) is 10.5. The minimum atomic E-state index is -0.309. The Labute approximate surface area is 121 Å². The van der Waals surface area contributed by atoms with Crippen molar-refractivity contribution in [2.45, 2.75) is 20.4 Å². The second-order valence-electron chi connectivity index (χ2n) is 3.95. The fourth-order valence-electron chi connectivity index (χ4n) is 1.52. The van der Waals surface area contributed by atoms with E-state index in [1.165, 1.54) is 15.9 Å². The second-order valence-corrected chi connectivity index (χ2v) is 6.05. The highest BCUT2D eigenvalue weighted by Gasteiger charge is 2.09. The SMILES string of the molecule is Cc1nnc(NC(=O)Cn2cc(Br)cc(C)c2=O)s1. The Morgan fingerprint density at radius 3 is 2.84 bits per heavy atom. The molecule has 100 valence electrons. The van der Waals surface area contributed by atoms with Gasteiger partial charge in [-0.3, -0.25) is 14.9 Å². The fraction of sp³-hybridized carbons (Fsp3) is 0.273. The number of carbonyl (C=O) groups excluding carboxylic acids is 1. The van der Waals surface area contributed by atoms with E-state index >= 15 is 0 Å². The molecule has 0 aromatic carbocycles. The van der Waals surface area contributed by atoms with Crippen molar-refractivity contribution in [3.63, 3.8) is 0 Å². The van der Waals surface area contributed by atoms with Crippen LogP contribution in [-0.4, -0.2) is 20.7 Å². The van der Waals surface area contributed by atoms with Gasteiger partial charge in [0.25, 0.3) is 5.56 Å². The lowest BCUT2D eigenvalue weighted by Crippen LogP contribution is -2.28. The Bertz CT molecular complexity index is 680. The van der Waals surface area contributed by atoms with Crippen LogP contribution in [0.25, 0.3) is 0 Å². The summed E-state index contributed by atoms with van der Waals surface area (Å²) >= 11 is 4.58. The maximum Gasteiger partial charge on any atom is 0.253 e. The Morgan fingerprint density at radius 2 is 2.21 bits per heavy atom. The summed E-state index contributed by atoms with van der Waals surface area (Å²) in [5.74, 6) is -0.309. The highest BCUT2D eigenvalue weighted by atomic mass is 79.9. The van der Waals surface area contributed by atoms with Crippen molar-refractivity contribution in [1.82, 2.24) is 14.8 Å². The molecule has 0 bridgehead atoms. The Hall–Kier alpha value is -1.54. The van der Waals surface area contributed by atoms with E-state index in [0.717, 1.165) is 9.48 Å². The quantitative estimate of drug-likeness (QED) is 0.921. The maximum atomic E-state index is 11.8. The number of rotatable bonds is 3. The molecule has 0 radical (unpaired) electrons. The van der Waals surface area contributed by atoms with E-state index in [-0.39, 0.29) is 18.0 Å². The number of nitrogens with one attached hydrogen (secondary N) is 1. The molecule has 2 rings (SSSR count). The van der Waals surface area contributed by atoms with E-state index in [2.05, 4.69) is 31.4 Å². The van der Waals surface area contributed by atoms with Crippen molar-refractivity contribution < 1.29 is 4.79 Å². The third-order valence-corrected chi connectivity index (χ3v) is 3.51. The molecular formula is C11H11BrN4O2S. The highest BCUT2D eigenvalue weighted by molar-refractivity contribution is 9.10. The smallest absolute Gasteiger partial charge is 0.253 e. The van der Waals surface area contributed by atoms with Crippen LogP contribution in [0.15, 0.2) is 21.5 Å². The van der Waals surface area contributed by atoms with Gasteiger partial charge in [-0.2, -0.15) is 0 Å². The minimum Gasteiger partial charge on any atom is -0.305 e. The monoisotopic (exact) mass is 342 g/mol. The summed E-state index contributed by atoms with van der Waals surface area (Å²) < 4.78 is 2.10. The number of halogens is 1. The molecule has 0 fully saturated rings. The molecule has 2 aromatic heterocycles. The molecule has 1 amide bonds. The molecule has 0 unspecified atom stereocenters. The molecule has 2 heterocycles. The van der Waals surface area contributed by atoms with E-state index in [9.17, 15) is 9.59 Å². The van der Waals surface area contributed by atoms with Gasteiger partial charge in [-0.1, -0.05) is 11.3 Å². The van der Waals surface area contributed by atoms with Gasteiger partial charge in [0.1, 0.15) is 11.6 Å². The first-order valence-electron chi connectivity index (χ1n) is 5.42. The van der Waals surface area contributed by atoms with Crippen LogP contribution >= 0.6 is 27.3 Å². The van der Waals surface area contributed by atoms with Gasteiger partial charge in [0.2, 0.25) is 11.0 Å². The third kappa shape index (κ3) is 3.48. The average molecular weight is 343 g/mol. The van der Waals surface area contributed by atoms with Crippen LogP contribution in [0, 0.1) is 13.8 Å². The standard InChI is InChI=1S/C11H11BrN4O2S/c1-6-3-8(12)4-16(10(6)18)5-9(17)13-11-15-14-7(2)19-11/h3-4H,5H2,1-2H3,(H,13,15,17). The molecule has 6 nitrogen and oxygen atoms in total. The van der Waals surface area contributed by atoms with Gasteiger partial charge in [-0.15, -0.1) is 10.2 Å². The van der Waals surface area contributed by atoms with Crippen molar-refractivity contribution >= 4 is 38.3 Å². The number of nitrogens with zero attached hydrogens (tertiary/aromatic N) is 3. The van der Waals surface area contributed by atoms with Crippen LogP contribution in [0.2, 0.25) is 0 Å². The van der Waals surface area contributed by atoms with Gasteiger partial charge >= 0.3 is 0 Å². The van der Waals surface area contributed by atoms with Crippen LogP contribution in [0.3, 0.4) is 0 Å². The highest BCUT2D eigenvalue weighted by Crippen LogP contribution is 2.13. The van der Waals surface area contributed by atoms with E-state index in [1.807, 2.05) is 0 Å². The van der Waals surface area contributed by atoms with Crippen LogP contribution in [0.5, 0.6) is 0 Å². The lowest BCUT2D eigenvalue weighted by molar-refractivity contribution is -0.116. The van der Waals surface area contributed by atoms with Gasteiger partial charge in [0, 0.05) is 16.2 Å². The second kappa shape index (κ2) is 5.62. The summed E-state index contributed by atoms with van der Waals surface area (Å²) in [6.07, 6.45) is 1.58. The fourth-order valence-corrected chi connectivity index (χ4v) is 2.72. The van der Waals surface area contributed by atoms with Gasteiger partial charge in [0.05, 0.1) is 0 Å². The van der Waals surface area contributed by atoms with E-state index in [0.29, 0.717) is 10.7 Å². The zero-order chi connectivity index (χ0) is 14.0. The van der Waals surface area contributed by atoms with Gasteiger partial charge in [0.15, 0.2) is 0 Å². The molecule has 0 saturated carbocycles. The minimum absolute atomic E-state index is 0.0578. The lowest BCUT2D eigenvalue weighted by atomic mass is 10.3. The number of carbonyl (C=O) groups is 1. The number of amides is 1. The molecular weight excluding hydrogens is 332 g/mol. The topological polar surface area (TPSA) is 76.9 Å². The number of aryl methyl sites for hydroxylation is 2. The predicted octanol–water partition coefficient (Wildman–Crippen LogP) is 1.72. The average Bonchev–Trinajstić information content (AvgIpc) is 2.70. The van der Waals surface area contributed by atoms with Crippen molar-refractivity contribution in [3.8, 4) is 0 Å². The summed E-state index contributed by atoms with van der Waals surface area (Å²) in [7, 11) is 0. The molecule has 19 heavy (non-hydrogen) atoms. The van der Waals surface area contributed by atoms with Crippen molar-refractivity contribution in [2.75, 3.05) is 5.32 Å². The van der Waals surface area contributed by atoms with Crippen molar-refractivity contribution in [3.05, 3.63) is 37.7 Å². The first-order valence-corrected chi connectivity index (χ1v) is 7.03.